The third-order valence-electron chi connectivity index (χ3n) is 6.47. The van der Waals surface area contributed by atoms with Crippen molar-refractivity contribution in [1.82, 2.24) is 15.2 Å². The van der Waals surface area contributed by atoms with Crippen LogP contribution in [0, 0.1) is 6.92 Å². The van der Waals surface area contributed by atoms with Crippen LogP contribution < -0.4 is 5.32 Å². The molecule has 4 aromatic rings. The molecule has 0 atom stereocenters. The maximum Gasteiger partial charge on any atom is 0.305 e. The van der Waals surface area contributed by atoms with E-state index in [-0.39, 0.29) is 24.8 Å². The number of nitrogens with one attached hydrogen (secondary N) is 1. The molecule has 0 radical (unpaired) electrons. The van der Waals surface area contributed by atoms with Crippen LogP contribution in [-0.2, 0) is 17.8 Å². The van der Waals surface area contributed by atoms with Crippen LogP contribution in [0.2, 0.25) is 0 Å². The van der Waals surface area contributed by atoms with E-state index in [0.717, 1.165) is 16.7 Å². The highest BCUT2D eigenvalue weighted by atomic mass is 16.4. The highest BCUT2D eigenvalue weighted by Gasteiger charge is 2.22. The molecule has 1 heterocycles. The normalized spacial score (nSPS) is 10.6. The van der Waals surface area contributed by atoms with E-state index in [0.29, 0.717) is 41.8 Å². The summed E-state index contributed by atoms with van der Waals surface area (Å²) in [7, 11) is 0. The zero-order valence-electron chi connectivity index (χ0n) is 21.8. The van der Waals surface area contributed by atoms with Crippen LogP contribution in [0.4, 0.5) is 0 Å². The topological polar surface area (TPSA) is 99.6 Å². The van der Waals surface area contributed by atoms with Crippen molar-refractivity contribution in [3.63, 3.8) is 0 Å². The van der Waals surface area contributed by atoms with Crippen LogP contribution in [-0.4, -0.2) is 45.9 Å². The van der Waals surface area contributed by atoms with Crippen LogP contribution in [0.3, 0.4) is 0 Å². The number of carbonyl (C=O) groups is 3. The van der Waals surface area contributed by atoms with Gasteiger partial charge in [-0.05, 0) is 53.8 Å². The smallest absolute Gasteiger partial charge is 0.305 e. The van der Waals surface area contributed by atoms with Crippen molar-refractivity contribution in [1.29, 1.82) is 0 Å². The molecule has 4 rings (SSSR count). The molecular weight excluding hydrogens is 490 g/mol. The summed E-state index contributed by atoms with van der Waals surface area (Å²) in [5.74, 6) is -1.50. The van der Waals surface area contributed by atoms with Crippen molar-refractivity contribution < 1.29 is 19.5 Å². The van der Waals surface area contributed by atoms with Gasteiger partial charge in [0.2, 0.25) is 0 Å². The molecule has 0 saturated carbocycles. The van der Waals surface area contributed by atoms with E-state index >= 15 is 0 Å². The molecule has 3 aromatic carbocycles. The van der Waals surface area contributed by atoms with Gasteiger partial charge in [0.05, 0.1) is 6.42 Å². The average molecular weight is 522 g/mol. The number of pyridine rings is 1. The van der Waals surface area contributed by atoms with Crippen LogP contribution in [0.1, 0.15) is 43.8 Å². The SMILES string of the molecule is Cc1ccc(CCN(CCC(=O)O)C(=O)c2ccccc2-c2ccccc2C(=O)NCc2cccnc2)cc1. The molecule has 0 aliphatic heterocycles. The fraction of sp³-hybridized carbons (Fsp3) is 0.188. The van der Waals surface area contributed by atoms with Gasteiger partial charge in [-0.3, -0.25) is 19.4 Å². The van der Waals surface area contributed by atoms with Crippen molar-refractivity contribution in [3.05, 3.63) is 125 Å². The van der Waals surface area contributed by atoms with E-state index in [1.807, 2.05) is 67.6 Å². The van der Waals surface area contributed by atoms with E-state index < -0.39 is 5.97 Å². The van der Waals surface area contributed by atoms with E-state index in [1.54, 1.807) is 41.6 Å². The third-order valence-corrected chi connectivity index (χ3v) is 6.47. The first kappa shape index (κ1) is 27.3. The Balaban J connectivity index is 1.60. The van der Waals surface area contributed by atoms with E-state index in [4.69, 9.17) is 0 Å². The summed E-state index contributed by atoms with van der Waals surface area (Å²) < 4.78 is 0. The number of amides is 2. The zero-order valence-corrected chi connectivity index (χ0v) is 21.8. The summed E-state index contributed by atoms with van der Waals surface area (Å²) in [4.78, 5) is 44.1. The largest absolute Gasteiger partial charge is 0.481 e. The van der Waals surface area contributed by atoms with Gasteiger partial charge in [0.1, 0.15) is 0 Å². The number of benzene rings is 3. The highest BCUT2D eigenvalue weighted by Crippen LogP contribution is 2.28. The number of aryl methyl sites for hydroxylation is 1. The summed E-state index contributed by atoms with van der Waals surface area (Å²) in [5, 5.41) is 12.2. The van der Waals surface area contributed by atoms with Crippen LogP contribution >= 0.6 is 0 Å². The van der Waals surface area contributed by atoms with Crippen molar-refractivity contribution in [2.24, 2.45) is 0 Å². The van der Waals surface area contributed by atoms with Gasteiger partial charge < -0.3 is 15.3 Å². The quantitative estimate of drug-likeness (QED) is 0.285. The lowest BCUT2D eigenvalue weighted by Crippen LogP contribution is -2.35. The number of hydrogen-bond acceptors (Lipinski definition) is 4. The fourth-order valence-corrected chi connectivity index (χ4v) is 4.34. The van der Waals surface area contributed by atoms with Gasteiger partial charge in [-0.1, -0.05) is 72.3 Å². The van der Waals surface area contributed by atoms with Gasteiger partial charge in [0.25, 0.3) is 11.8 Å². The summed E-state index contributed by atoms with van der Waals surface area (Å²) in [5.41, 5.74) is 5.19. The van der Waals surface area contributed by atoms with Crippen molar-refractivity contribution in [2.45, 2.75) is 26.3 Å². The predicted octanol–water partition coefficient (Wildman–Crippen LogP) is 5.15. The summed E-state index contributed by atoms with van der Waals surface area (Å²) in [6, 6.07) is 26.1. The van der Waals surface area contributed by atoms with Gasteiger partial charge in [-0.2, -0.15) is 0 Å². The number of carboxylic acids is 1. The highest BCUT2D eigenvalue weighted by molar-refractivity contribution is 6.06. The first-order chi connectivity index (χ1) is 18.9. The molecule has 0 aliphatic rings. The molecule has 0 unspecified atom stereocenters. The van der Waals surface area contributed by atoms with E-state index in [2.05, 4.69) is 10.3 Å². The molecule has 2 N–H and O–H groups in total. The molecule has 0 fully saturated rings. The second-order valence-corrected chi connectivity index (χ2v) is 9.31. The van der Waals surface area contributed by atoms with Gasteiger partial charge in [-0.25, -0.2) is 0 Å². The van der Waals surface area contributed by atoms with Gasteiger partial charge in [0.15, 0.2) is 0 Å². The first-order valence-corrected chi connectivity index (χ1v) is 12.8. The lowest BCUT2D eigenvalue weighted by atomic mass is 9.94. The molecule has 0 bridgehead atoms. The van der Waals surface area contributed by atoms with Crippen LogP contribution in [0.5, 0.6) is 0 Å². The molecule has 7 nitrogen and oxygen atoms in total. The number of rotatable bonds is 11. The molecule has 0 aliphatic carbocycles. The molecule has 198 valence electrons. The first-order valence-electron chi connectivity index (χ1n) is 12.8. The van der Waals surface area contributed by atoms with Crippen molar-refractivity contribution in [2.75, 3.05) is 13.1 Å². The Morgan fingerprint density at radius 1 is 0.795 bits per heavy atom. The third kappa shape index (κ3) is 7.38. The number of aliphatic carboxylic acids is 1. The Labute approximate surface area is 228 Å². The van der Waals surface area contributed by atoms with Gasteiger partial charge in [0, 0.05) is 43.2 Å². The average Bonchev–Trinajstić information content (AvgIpc) is 2.97. The summed E-state index contributed by atoms with van der Waals surface area (Å²) in [6.45, 7) is 2.79. The van der Waals surface area contributed by atoms with Crippen LogP contribution in [0.15, 0.2) is 97.3 Å². The standard InChI is InChI=1S/C32H31N3O4/c1-23-12-14-24(15-13-23)16-19-35(20-17-30(36)37)32(39)29-11-5-3-9-27(29)26-8-2-4-10-28(26)31(38)34-22-25-7-6-18-33-21-25/h2-15,18,21H,16-17,19-20,22H2,1H3,(H,34,38)(H,36,37). The lowest BCUT2D eigenvalue weighted by molar-refractivity contribution is -0.137. The minimum Gasteiger partial charge on any atom is -0.481 e. The maximum absolute atomic E-state index is 13.8. The fourth-order valence-electron chi connectivity index (χ4n) is 4.34. The monoisotopic (exact) mass is 521 g/mol. The number of carboxylic acid groups (broad SMARTS) is 1. The predicted molar refractivity (Wildman–Crippen MR) is 150 cm³/mol. The van der Waals surface area contributed by atoms with E-state index in [1.165, 1.54) is 0 Å². The van der Waals surface area contributed by atoms with Gasteiger partial charge in [-0.15, -0.1) is 0 Å². The van der Waals surface area contributed by atoms with E-state index in [9.17, 15) is 19.5 Å². The zero-order chi connectivity index (χ0) is 27.6. The maximum atomic E-state index is 13.8. The Kier molecular flexibility index (Phi) is 9.19. The summed E-state index contributed by atoms with van der Waals surface area (Å²) in [6.07, 6.45) is 3.81. The Morgan fingerprint density at radius 3 is 2.13 bits per heavy atom. The van der Waals surface area contributed by atoms with Gasteiger partial charge >= 0.3 is 5.97 Å². The Hall–Kier alpha value is -4.78. The molecule has 39 heavy (non-hydrogen) atoms. The number of carbonyl (C=O) groups excluding carboxylic acids is 2. The molecule has 1 aromatic heterocycles. The number of aromatic nitrogens is 1. The van der Waals surface area contributed by atoms with Crippen molar-refractivity contribution in [3.8, 4) is 11.1 Å². The molecule has 0 spiro atoms. The minimum atomic E-state index is -0.966. The summed E-state index contributed by atoms with van der Waals surface area (Å²) >= 11 is 0. The molecule has 0 saturated heterocycles. The minimum absolute atomic E-state index is 0.0849. The van der Waals surface area contributed by atoms with Crippen molar-refractivity contribution >= 4 is 17.8 Å². The van der Waals surface area contributed by atoms with Crippen LogP contribution in [0.25, 0.3) is 11.1 Å². The second kappa shape index (κ2) is 13.1. The lowest BCUT2D eigenvalue weighted by Gasteiger charge is -2.24. The second-order valence-electron chi connectivity index (χ2n) is 9.31. The molecular formula is C32H31N3O4. The number of hydrogen-bond donors (Lipinski definition) is 2. The molecule has 7 heteroatoms. The Morgan fingerprint density at radius 2 is 1.46 bits per heavy atom. The Bertz CT molecular complexity index is 1440. The molecule has 2 amide bonds. The number of nitrogens with zero attached hydrogens (tertiary/aromatic N) is 2.